The summed E-state index contributed by atoms with van der Waals surface area (Å²) in [6.07, 6.45) is 0. The Morgan fingerprint density at radius 2 is 0.706 bits per heavy atom. The van der Waals surface area contributed by atoms with Crippen LogP contribution in [0.25, 0.3) is 33.4 Å². The summed E-state index contributed by atoms with van der Waals surface area (Å²) in [5.41, 5.74) is 15.2. The zero-order chi connectivity index (χ0) is 34.2. The summed E-state index contributed by atoms with van der Waals surface area (Å²) in [7, 11) is 0. The standard InChI is InChI=1S/C49H34BrN/c50-41-25-31-45-46-32-30-44(34-48(46)49(47(45)33-41,39-17-9-3-10-18-39)40-19-11-4-12-20-40)51(42-26-21-37(22-27-42)35-13-5-1-6-14-35)43-28-23-38(24-29-43)36-15-7-2-8-16-36/h1-34H. The number of nitrogens with zero attached hydrogens (tertiary/aromatic N) is 1. The average Bonchev–Trinajstić information content (AvgIpc) is 3.49. The van der Waals surface area contributed by atoms with Gasteiger partial charge in [0, 0.05) is 21.5 Å². The highest BCUT2D eigenvalue weighted by atomic mass is 79.9. The van der Waals surface area contributed by atoms with Crippen molar-refractivity contribution in [3.8, 4) is 33.4 Å². The zero-order valence-electron chi connectivity index (χ0n) is 28.0. The molecule has 2 heteroatoms. The molecule has 51 heavy (non-hydrogen) atoms. The van der Waals surface area contributed by atoms with Gasteiger partial charge in [0.1, 0.15) is 0 Å². The fraction of sp³-hybridized carbons (Fsp3) is 0.0204. The number of fused-ring (bicyclic) bond motifs is 3. The van der Waals surface area contributed by atoms with Crippen LogP contribution in [-0.2, 0) is 5.41 Å². The van der Waals surface area contributed by atoms with Crippen molar-refractivity contribution in [1.82, 2.24) is 0 Å². The molecule has 8 aromatic carbocycles. The first-order valence-electron chi connectivity index (χ1n) is 17.4. The van der Waals surface area contributed by atoms with E-state index >= 15 is 0 Å². The lowest BCUT2D eigenvalue weighted by atomic mass is 9.67. The SMILES string of the molecule is Brc1ccc2c(c1)C(c1ccccc1)(c1ccccc1)c1cc(N(c3ccc(-c4ccccc4)cc3)c3ccc(-c4ccccc4)cc3)ccc1-2. The van der Waals surface area contributed by atoms with E-state index in [1.165, 1.54) is 55.6 Å². The van der Waals surface area contributed by atoms with Crippen LogP contribution in [0.1, 0.15) is 22.3 Å². The summed E-state index contributed by atoms with van der Waals surface area (Å²) in [5.74, 6) is 0. The zero-order valence-corrected chi connectivity index (χ0v) is 29.5. The molecule has 0 heterocycles. The molecule has 0 aromatic heterocycles. The van der Waals surface area contributed by atoms with Gasteiger partial charge in [-0.3, -0.25) is 0 Å². The van der Waals surface area contributed by atoms with Gasteiger partial charge >= 0.3 is 0 Å². The van der Waals surface area contributed by atoms with Crippen molar-refractivity contribution in [2.45, 2.75) is 5.41 Å². The van der Waals surface area contributed by atoms with E-state index in [4.69, 9.17) is 0 Å². The normalized spacial score (nSPS) is 12.6. The Labute approximate surface area is 308 Å². The maximum Gasteiger partial charge on any atom is 0.0714 e. The summed E-state index contributed by atoms with van der Waals surface area (Å²) in [6, 6.07) is 74.8. The molecular formula is C49H34BrN. The molecule has 0 atom stereocenters. The first-order valence-corrected chi connectivity index (χ1v) is 18.2. The molecule has 0 saturated carbocycles. The fourth-order valence-corrected chi connectivity index (χ4v) is 8.26. The smallest absolute Gasteiger partial charge is 0.0714 e. The second-order valence-electron chi connectivity index (χ2n) is 13.1. The van der Waals surface area contributed by atoms with Crippen LogP contribution in [0.2, 0.25) is 0 Å². The summed E-state index contributed by atoms with van der Waals surface area (Å²) in [6.45, 7) is 0. The highest BCUT2D eigenvalue weighted by molar-refractivity contribution is 9.10. The Kier molecular flexibility index (Phi) is 7.95. The molecule has 0 fully saturated rings. The minimum absolute atomic E-state index is 0.507. The maximum absolute atomic E-state index is 3.84. The summed E-state index contributed by atoms with van der Waals surface area (Å²) in [5, 5.41) is 0. The molecule has 0 unspecified atom stereocenters. The molecule has 0 bridgehead atoms. The quantitative estimate of drug-likeness (QED) is 0.159. The topological polar surface area (TPSA) is 3.24 Å². The summed E-state index contributed by atoms with van der Waals surface area (Å²) >= 11 is 3.84. The molecule has 1 aliphatic rings. The Bertz CT molecular complexity index is 2320. The Hall–Kier alpha value is -5.96. The lowest BCUT2D eigenvalue weighted by molar-refractivity contribution is 0.768. The van der Waals surface area contributed by atoms with Gasteiger partial charge in [0.05, 0.1) is 5.41 Å². The van der Waals surface area contributed by atoms with Gasteiger partial charge in [-0.1, -0.05) is 174 Å². The van der Waals surface area contributed by atoms with Gasteiger partial charge in [-0.15, -0.1) is 0 Å². The van der Waals surface area contributed by atoms with Crippen molar-refractivity contribution in [3.63, 3.8) is 0 Å². The predicted octanol–water partition coefficient (Wildman–Crippen LogP) is 13.6. The molecule has 0 N–H and O–H groups in total. The van der Waals surface area contributed by atoms with Crippen molar-refractivity contribution >= 4 is 33.0 Å². The van der Waals surface area contributed by atoms with Gasteiger partial charge in [0.15, 0.2) is 0 Å². The first-order chi connectivity index (χ1) is 25.2. The van der Waals surface area contributed by atoms with Crippen molar-refractivity contribution in [2.24, 2.45) is 0 Å². The van der Waals surface area contributed by atoms with Gasteiger partial charge < -0.3 is 4.90 Å². The van der Waals surface area contributed by atoms with E-state index in [1.807, 2.05) is 0 Å². The van der Waals surface area contributed by atoms with E-state index in [0.717, 1.165) is 21.5 Å². The Balaban J connectivity index is 1.26. The lowest BCUT2D eigenvalue weighted by Crippen LogP contribution is -2.28. The highest BCUT2D eigenvalue weighted by Gasteiger charge is 2.46. The Morgan fingerprint density at radius 3 is 1.18 bits per heavy atom. The van der Waals surface area contributed by atoms with Gasteiger partial charge in [-0.05, 0) is 104 Å². The third-order valence-electron chi connectivity index (χ3n) is 10.2. The van der Waals surface area contributed by atoms with Crippen LogP contribution in [0.4, 0.5) is 17.1 Å². The monoisotopic (exact) mass is 715 g/mol. The molecule has 1 aliphatic carbocycles. The van der Waals surface area contributed by atoms with Crippen LogP contribution in [0, 0.1) is 0 Å². The molecule has 1 nitrogen and oxygen atoms in total. The average molecular weight is 717 g/mol. The van der Waals surface area contributed by atoms with Gasteiger partial charge in [0.25, 0.3) is 0 Å². The van der Waals surface area contributed by atoms with Gasteiger partial charge in [0.2, 0.25) is 0 Å². The number of rotatable bonds is 7. The summed E-state index contributed by atoms with van der Waals surface area (Å²) < 4.78 is 1.07. The molecular weight excluding hydrogens is 682 g/mol. The van der Waals surface area contributed by atoms with E-state index < -0.39 is 5.41 Å². The molecule has 0 spiro atoms. The van der Waals surface area contributed by atoms with Crippen LogP contribution >= 0.6 is 15.9 Å². The van der Waals surface area contributed by atoms with Gasteiger partial charge in [-0.25, -0.2) is 0 Å². The van der Waals surface area contributed by atoms with Crippen LogP contribution in [0.5, 0.6) is 0 Å². The second kappa shape index (κ2) is 13.1. The number of benzene rings is 8. The van der Waals surface area contributed by atoms with E-state index in [-0.39, 0.29) is 0 Å². The molecule has 8 aromatic rings. The number of halogens is 1. The van der Waals surface area contributed by atoms with E-state index in [2.05, 4.69) is 227 Å². The third kappa shape index (κ3) is 5.40. The van der Waals surface area contributed by atoms with Crippen molar-refractivity contribution in [3.05, 3.63) is 233 Å². The van der Waals surface area contributed by atoms with Crippen LogP contribution < -0.4 is 4.90 Å². The minimum atomic E-state index is -0.507. The molecule has 242 valence electrons. The van der Waals surface area contributed by atoms with Crippen LogP contribution in [-0.4, -0.2) is 0 Å². The van der Waals surface area contributed by atoms with Crippen molar-refractivity contribution in [1.29, 1.82) is 0 Å². The molecule has 0 radical (unpaired) electrons. The third-order valence-corrected chi connectivity index (χ3v) is 10.7. The maximum atomic E-state index is 3.84. The minimum Gasteiger partial charge on any atom is -0.310 e. The second-order valence-corrected chi connectivity index (χ2v) is 14.0. The molecule has 0 amide bonds. The number of hydrogen-bond donors (Lipinski definition) is 0. The first kappa shape index (κ1) is 31.1. The van der Waals surface area contributed by atoms with Crippen LogP contribution in [0.15, 0.2) is 211 Å². The van der Waals surface area contributed by atoms with Crippen LogP contribution in [0.3, 0.4) is 0 Å². The van der Waals surface area contributed by atoms with Gasteiger partial charge in [-0.2, -0.15) is 0 Å². The highest BCUT2D eigenvalue weighted by Crippen LogP contribution is 2.57. The number of anilines is 3. The van der Waals surface area contributed by atoms with E-state index in [9.17, 15) is 0 Å². The van der Waals surface area contributed by atoms with Crippen molar-refractivity contribution < 1.29 is 0 Å². The van der Waals surface area contributed by atoms with E-state index in [0.29, 0.717) is 0 Å². The molecule has 9 rings (SSSR count). The summed E-state index contributed by atoms with van der Waals surface area (Å²) in [4.78, 5) is 2.39. The fourth-order valence-electron chi connectivity index (χ4n) is 7.90. The predicted molar refractivity (Wildman–Crippen MR) is 217 cm³/mol. The molecule has 0 aliphatic heterocycles. The van der Waals surface area contributed by atoms with E-state index in [1.54, 1.807) is 0 Å². The Morgan fingerprint density at radius 1 is 0.333 bits per heavy atom. The largest absolute Gasteiger partial charge is 0.310 e. The lowest BCUT2D eigenvalue weighted by Gasteiger charge is -2.35. The molecule has 0 saturated heterocycles. The number of hydrogen-bond acceptors (Lipinski definition) is 1. The van der Waals surface area contributed by atoms with Crippen molar-refractivity contribution in [2.75, 3.05) is 4.90 Å².